The van der Waals surface area contributed by atoms with Crippen LogP contribution in [-0.2, 0) is 30.4 Å². The second-order valence-corrected chi connectivity index (χ2v) is 10.5. The molecule has 1 saturated heterocycles. The quantitative estimate of drug-likeness (QED) is 0.184. The number of hydrogen-bond acceptors (Lipinski definition) is 10. The summed E-state index contributed by atoms with van der Waals surface area (Å²) in [5.74, 6) is -1.16. The Morgan fingerprint density at radius 3 is 2.86 bits per heavy atom. The first-order valence-corrected chi connectivity index (χ1v) is 13.3. The SMILES string of the molecule is CCOC(=O)CC(=O)Nc1nnc(SCC(=O)NC[C@H]2CN(Cc3ccc(Cl)c(Cl)c3)CCO2)s1. The van der Waals surface area contributed by atoms with E-state index >= 15 is 0 Å². The molecule has 1 atom stereocenters. The number of carbonyl (C=O) groups is 3. The van der Waals surface area contributed by atoms with Crippen molar-refractivity contribution >= 4 is 69.2 Å². The van der Waals surface area contributed by atoms with Gasteiger partial charge in [0.2, 0.25) is 16.9 Å². The van der Waals surface area contributed by atoms with Crippen molar-refractivity contribution < 1.29 is 23.9 Å². The van der Waals surface area contributed by atoms with Crippen molar-refractivity contribution in [1.82, 2.24) is 20.4 Å². The summed E-state index contributed by atoms with van der Waals surface area (Å²) in [4.78, 5) is 37.7. The Hall–Kier alpha value is -1.96. The van der Waals surface area contributed by atoms with E-state index in [2.05, 4.69) is 25.7 Å². The zero-order valence-electron chi connectivity index (χ0n) is 18.9. The summed E-state index contributed by atoms with van der Waals surface area (Å²) in [5, 5.41) is 14.5. The van der Waals surface area contributed by atoms with E-state index in [-0.39, 0.29) is 29.5 Å². The molecule has 35 heavy (non-hydrogen) atoms. The molecule has 0 aliphatic carbocycles. The smallest absolute Gasteiger partial charge is 0.315 e. The Morgan fingerprint density at radius 2 is 2.09 bits per heavy atom. The third-order valence-electron chi connectivity index (χ3n) is 4.73. The summed E-state index contributed by atoms with van der Waals surface area (Å²) in [5.41, 5.74) is 1.06. The minimum atomic E-state index is -0.611. The van der Waals surface area contributed by atoms with Gasteiger partial charge >= 0.3 is 5.97 Å². The van der Waals surface area contributed by atoms with E-state index in [1.807, 2.05) is 12.1 Å². The molecule has 2 heterocycles. The first-order valence-electron chi connectivity index (χ1n) is 10.8. The average molecular weight is 563 g/mol. The number of hydrogen-bond donors (Lipinski definition) is 2. The largest absolute Gasteiger partial charge is 0.466 e. The van der Waals surface area contributed by atoms with Crippen LogP contribution in [0, 0.1) is 0 Å². The van der Waals surface area contributed by atoms with E-state index in [9.17, 15) is 14.4 Å². The molecule has 3 rings (SSSR count). The Bertz CT molecular complexity index is 1040. The number of benzene rings is 1. The summed E-state index contributed by atoms with van der Waals surface area (Å²) in [6, 6.07) is 5.59. The van der Waals surface area contributed by atoms with Crippen molar-refractivity contribution in [3.05, 3.63) is 33.8 Å². The topological polar surface area (TPSA) is 123 Å². The molecule has 190 valence electrons. The molecule has 0 spiro atoms. The van der Waals surface area contributed by atoms with Gasteiger partial charge in [-0.05, 0) is 24.6 Å². The lowest BCUT2D eigenvalue weighted by Crippen LogP contribution is -2.47. The van der Waals surface area contributed by atoms with Crippen LogP contribution in [0.2, 0.25) is 10.0 Å². The van der Waals surface area contributed by atoms with Crippen molar-refractivity contribution in [3.8, 4) is 0 Å². The Morgan fingerprint density at radius 1 is 1.26 bits per heavy atom. The predicted molar refractivity (Wildman–Crippen MR) is 135 cm³/mol. The van der Waals surface area contributed by atoms with E-state index in [1.54, 1.807) is 13.0 Å². The summed E-state index contributed by atoms with van der Waals surface area (Å²) >= 11 is 14.4. The van der Waals surface area contributed by atoms with Gasteiger partial charge in [0.25, 0.3) is 0 Å². The number of aromatic nitrogens is 2. The second-order valence-electron chi connectivity index (χ2n) is 7.47. The Balaban J connectivity index is 1.36. The van der Waals surface area contributed by atoms with Crippen LogP contribution in [0.3, 0.4) is 0 Å². The second kappa shape index (κ2) is 14.0. The molecule has 1 aliphatic heterocycles. The maximum atomic E-state index is 12.3. The molecular formula is C21H25Cl2N5O5S2. The molecule has 10 nitrogen and oxygen atoms in total. The molecule has 14 heteroatoms. The van der Waals surface area contributed by atoms with E-state index in [4.69, 9.17) is 32.7 Å². The van der Waals surface area contributed by atoms with Gasteiger partial charge in [0.05, 0.1) is 35.1 Å². The lowest BCUT2D eigenvalue weighted by Gasteiger charge is -2.33. The maximum absolute atomic E-state index is 12.3. The molecule has 0 radical (unpaired) electrons. The van der Waals surface area contributed by atoms with Crippen LogP contribution in [0.4, 0.5) is 5.13 Å². The number of ether oxygens (including phenoxy) is 2. The lowest BCUT2D eigenvalue weighted by atomic mass is 10.2. The summed E-state index contributed by atoms with van der Waals surface area (Å²) in [6.07, 6.45) is -0.518. The molecule has 1 fully saturated rings. The third-order valence-corrected chi connectivity index (χ3v) is 7.44. The number of rotatable bonds is 11. The van der Waals surface area contributed by atoms with Crippen LogP contribution < -0.4 is 10.6 Å². The van der Waals surface area contributed by atoms with Crippen molar-refractivity contribution in [2.24, 2.45) is 0 Å². The fourth-order valence-electron chi connectivity index (χ4n) is 3.17. The maximum Gasteiger partial charge on any atom is 0.315 e. The highest BCUT2D eigenvalue weighted by Crippen LogP contribution is 2.26. The molecule has 2 aromatic rings. The molecular weight excluding hydrogens is 537 g/mol. The van der Waals surface area contributed by atoms with E-state index in [1.165, 1.54) is 11.8 Å². The van der Waals surface area contributed by atoms with Crippen molar-refractivity contribution in [1.29, 1.82) is 0 Å². The van der Waals surface area contributed by atoms with Crippen LogP contribution in [-0.4, -0.2) is 77.6 Å². The fourth-order valence-corrected chi connectivity index (χ4v) is 5.09. The van der Waals surface area contributed by atoms with E-state index in [0.717, 1.165) is 30.0 Å². The number of halogens is 2. The molecule has 2 N–H and O–H groups in total. The highest BCUT2D eigenvalue weighted by Gasteiger charge is 2.21. The third kappa shape index (κ3) is 9.54. The highest BCUT2D eigenvalue weighted by molar-refractivity contribution is 8.01. The number of amides is 2. The Labute approximate surface area is 221 Å². The molecule has 2 amide bonds. The minimum absolute atomic E-state index is 0.122. The number of anilines is 1. The summed E-state index contributed by atoms with van der Waals surface area (Å²) < 4.78 is 11.0. The highest BCUT2D eigenvalue weighted by atomic mass is 35.5. The number of morpholine rings is 1. The normalized spacial score (nSPS) is 16.0. The van der Waals surface area contributed by atoms with Crippen LogP contribution in [0.1, 0.15) is 18.9 Å². The van der Waals surface area contributed by atoms with Gasteiger partial charge in [-0.25, -0.2) is 0 Å². The van der Waals surface area contributed by atoms with E-state index < -0.39 is 18.3 Å². The van der Waals surface area contributed by atoms with Gasteiger partial charge in [0.15, 0.2) is 4.34 Å². The molecule has 1 aliphatic rings. The minimum Gasteiger partial charge on any atom is -0.466 e. The zero-order valence-corrected chi connectivity index (χ0v) is 22.1. The zero-order chi connectivity index (χ0) is 25.2. The number of thioether (sulfide) groups is 1. The van der Waals surface area contributed by atoms with Gasteiger partial charge in [-0.1, -0.05) is 52.4 Å². The molecule has 1 aromatic heterocycles. The van der Waals surface area contributed by atoms with Gasteiger partial charge in [-0.3, -0.25) is 24.6 Å². The van der Waals surface area contributed by atoms with Gasteiger partial charge < -0.3 is 14.8 Å². The number of carbonyl (C=O) groups excluding carboxylic acids is 3. The van der Waals surface area contributed by atoms with Gasteiger partial charge in [0.1, 0.15) is 6.42 Å². The number of esters is 1. The Kier molecular flexibility index (Phi) is 11.0. The van der Waals surface area contributed by atoms with E-state index in [0.29, 0.717) is 34.1 Å². The van der Waals surface area contributed by atoms with Crippen molar-refractivity contribution in [2.45, 2.75) is 30.3 Å². The van der Waals surface area contributed by atoms with Crippen LogP contribution >= 0.6 is 46.3 Å². The first-order chi connectivity index (χ1) is 16.8. The first kappa shape index (κ1) is 27.6. The van der Waals surface area contributed by atoms with Gasteiger partial charge in [-0.15, -0.1) is 10.2 Å². The summed E-state index contributed by atoms with van der Waals surface area (Å²) in [6.45, 7) is 5.02. The van der Waals surface area contributed by atoms with Gasteiger partial charge in [-0.2, -0.15) is 0 Å². The van der Waals surface area contributed by atoms with Crippen LogP contribution in [0.5, 0.6) is 0 Å². The van der Waals surface area contributed by atoms with Gasteiger partial charge in [0, 0.05) is 26.2 Å². The van der Waals surface area contributed by atoms with Crippen molar-refractivity contribution in [2.75, 3.05) is 43.9 Å². The predicted octanol–water partition coefficient (Wildman–Crippen LogP) is 2.85. The standard InChI is InChI=1S/C21H25Cl2N5O5S2/c1-2-32-19(31)8-17(29)25-20-26-27-21(35-20)34-12-18(30)24-9-14-11-28(5-6-33-14)10-13-3-4-15(22)16(23)7-13/h3-4,7,14H,2,5-6,8-12H2,1H3,(H,24,30)(H,25,26,29)/t14-/m0/s1. The van der Waals surface area contributed by atoms with Crippen LogP contribution in [0.25, 0.3) is 0 Å². The van der Waals surface area contributed by atoms with Crippen molar-refractivity contribution in [3.63, 3.8) is 0 Å². The molecule has 0 saturated carbocycles. The van der Waals surface area contributed by atoms with Crippen LogP contribution in [0.15, 0.2) is 22.5 Å². The number of nitrogens with zero attached hydrogens (tertiary/aromatic N) is 3. The lowest BCUT2D eigenvalue weighted by molar-refractivity contribution is -0.145. The monoisotopic (exact) mass is 561 g/mol. The molecule has 0 unspecified atom stereocenters. The molecule has 0 bridgehead atoms. The average Bonchev–Trinajstić information content (AvgIpc) is 3.26. The fraction of sp³-hybridized carbons (Fsp3) is 0.476. The summed E-state index contributed by atoms with van der Waals surface area (Å²) in [7, 11) is 0. The number of nitrogens with one attached hydrogen (secondary N) is 2. The molecule has 1 aromatic carbocycles.